The minimum atomic E-state index is -0.167. The monoisotopic (exact) mass is 377 g/mol. The molecule has 21 heavy (non-hydrogen) atoms. The summed E-state index contributed by atoms with van der Waals surface area (Å²) in [6.45, 7) is 12.5. The van der Waals surface area contributed by atoms with Crippen molar-refractivity contribution in [1.29, 1.82) is 0 Å². The quantitative estimate of drug-likeness (QED) is 0.690. The SMILES string of the molecule is CC(C)O.CC(C)O.CC(C)O.CCC[c-]1cccc1.[Zr]. The van der Waals surface area contributed by atoms with E-state index in [9.17, 15) is 0 Å². The van der Waals surface area contributed by atoms with E-state index in [0.29, 0.717) is 0 Å². The van der Waals surface area contributed by atoms with Gasteiger partial charge >= 0.3 is 0 Å². The first-order chi connectivity index (χ1) is 9.13. The molecule has 1 rings (SSSR count). The summed E-state index contributed by atoms with van der Waals surface area (Å²) in [7, 11) is 0. The van der Waals surface area contributed by atoms with E-state index in [1.165, 1.54) is 18.4 Å². The Morgan fingerprint density at radius 2 is 1.00 bits per heavy atom. The zero-order chi connectivity index (χ0) is 16.6. The van der Waals surface area contributed by atoms with E-state index in [2.05, 4.69) is 31.2 Å². The van der Waals surface area contributed by atoms with Gasteiger partial charge in [0, 0.05) is 44.5 Å². The summed E-state index contributed by atoms with van der Waals surface area (Å²) >= 11 is 0. The van der Waals surface area contributed by atoms with Gasteiger partial charge in [0.05, 0.1) is 0 Å². The number of aliphatic hydroxyl groups is 3. The molecule has 0 heterocycles. The van der Waals surface area contributed by atoms with Gasteiger partial charge in [-0.2, -0.15) is 17.7 Å². The van der Waals surface area contributed by atoms with E-state index < -0.39 is 0 Å². The van der Waals surface area contributed by atoms with Crippen molar-refractivity contribution in [2.45, 2.75) is 79.6 Å². The van der Waals surface area contributed by atoms with E-state index in [0.717, 1.165) is 0 Å². The van der Waals surface area contributed by atoms with E-state index in [4.69, 9.17) is 15.3 Å². The summed E-state index contributed by atoms with van der Waals surface area (Å²) in [5.74, 6) is 0. The van der Waals surface area contributed by atoms with E-state index in [1.54, 1.807) is 41.5 Å². The molecule has 0 aromatic heterocycles. The van der Waals surface area contributed by atoms with Crippen LogP contribution in [0.25, 0.3) is 0 Å². The van der Waals surface area contributed by atoms with Crippen molar-refractivity contribution in [3.05, 3.63) is 29.8 Å². The molecular formula is C17H35O3Zr-. The molecule has 0 atom stereocenters. The summed E-state index contributed by atoms with van der Waals surface area (Å²) < 4.78 is 0. The maximum atomic E-state index is 8.06. The zero-order valence-corrected chi connectivity index (χ0v) is 17.3. The molecule has 4 heteroatoms. The van der Waals surface area contributed by atoms with E-state index in [1.807, 2.05) is 0 Å². The molecule has 0 aliphatic carbocycles. The van der Waals surface area contributed by atoms with Crippen LogP contribution in [0.5, 0.6) is 0 Å². The van der Waals surface area contributed by atoms with Crippen molar-refractivity contribution in [2.24, 2.45) is 0 Å². The fourth-order valence-corrected chi connectivity index (χ4v) is 0.869. The Morgan fingerprint density at radius 3 is 1.19 bits per heavy atom. The Morgan fingerprint density at radius 1 is 0.762 bits per heavy atom. The number of hydrogen-bond donors (Lipinski definition) is 3. The van der Waals surface area contributed by atoms with Crippen molar-refractivity contribution in [1.82, 2.24) is 0 Å². The van der Waals surface area contributed by atoms with Gasteiger partial charge < -0.3 is 15.3 Å². The Bertz CT molecular complexity index is 222. The maximum absolute atomic E-state index is 8.06. The molecule has 0 saturated carbocycles. The molecular weight excluding hydrogens is 343 g/mol. The Kier molecular flexibility index (Phi) is 31.1. The van der Waals surface area contributed by atoms with E-state index >= 15 is 0 Å². The molecule has 0 amide bonds. The number of hydrogen-bond acceptors (Lipinski definition) is 3. The van der Waals surface area contributed by atoms with Gasteiger partial charge in [0.2, 0.25) is 0 Å². The smallest absolute Gasteiger partial charge is 0.0483 e. The fourth-order valence-electron chi connectivity index (χ4n) is 0.869. The second kappa shape index (κ2) is 22.4. The summed E-state index contributed by atoms with van der Waals surface area (Å²) in [5, 5.41) is 24.2. The number of aliphatic hydroxyl groups excluding tert-OH is 3. The Labute approximate surface area is 150 Å². The molecule has 1 aromatic carbocycles. The Balaban J connectivity index is -0.0000000973. The minimum absolute atomic E-state index is 0. The molecule has 0 aliphatic heterocycles. The van der Waals surface area contributed by atoms with Crippen molar-refractivity contribution in [2.75, 3.05) is 0 Å². The molecule has 0 aliphatic rings. The minimum Gasteiger partial charge on any atom is -0.394 e. The first-order valence-corrected chi connectivity index (χ1v) is 7.38. The van der Waals surface area contributed by atoms with Crippen LogP contribution in [0.3, 0.4) is 0 Å². The zero-order valence-electron chi connectivity index (χ0n) is 14.8. The Hall–Kier alpha value is 0.113. The molecule has 0 bridgehead atoms. The van der Waals surface area contributed by atoms with Crippen LogP contribution in [0, 0.1) is 0 Å². The first kappa shape index (κ1) is 29.2. The van der Waals surface area contributed by atoms with Crippen molar-refractivity contribution in [3.8, 4) is 0 Å². The maximum Gasteiger partial charge on any atom is 0.0483 e. The van der Waals surface area contributed by atoms with Gasteiger partial charge in [-0.1, -0.05) is 19.8 Å². The molecule has 0 radical (unpaired) electrons. The van der Waals surface area contributed by atoms with E-state index in [-0.39, 0.29) is 44.5 Å². The topological polar surface area (TPSA) is 60.7 Å². The van der Waals surface area contributed by atoms with Gasteiger partial charge in [-0.3, -0.25) is 0 Å². The second-order valence-electron chi connectivity index (χ2n) is 5.32. The molecule has 0 fully saturated rings. The van der Waals surface area contributed by atoms with Crippen LogP contribution in [0.4, 0.5) is 0 Å². The van der Waals surface area contributed by atoms with Crippen LogP contribution in [0.1, 0.15) is 60.5 Å². The molecule has 0 unspecified atom stereocenters. The van der Waals surface area contributed by atoms with Crippen LogP contribution in [-0.2, 0) is 32.6 Å². The molecule has 3 N–H and O–H groups in total. The third-order valence-electron chi connectivity index (χ3n) is 1.27. The number of rotatable bonds is 2. The summed E-state index contributed by atoms with van der Waals surface area (Å²) in [6, 6.07) is 8.52. The molecule has 126 valence electrons. The van der Waals surface area contributed by atoms with Crippen LogP contribution in [0.2, 0.25) is 0 Å². The standard InChI is InChI=1S/C8H11.3C3H8O.Zr/c1-2-5-8-6-3-4-7-8;3*1-3(2)4;/h3-4,6-7H,2,5H2,1H3;3*3-4H,1-2H3;/q-1;;;;. The second-order valence-corrected chi connectivity index (χ2v) is 5.32. The number of aryl methyl sites for hydroxylation is 1. The third-order valence-corrected chi connectivity index (χ3v) is 1.27. The van der Waals surface area contributed by atoms with Crippen molar-refractivity contribution >= 4 is 0 Å². The third kappa shape index (κ3) is 64.5. The van der Waals surface area contributed by atoms with Crippen molar-refractivity contribution in [3.63, 3.8) is 0 Å². The van der Waals surface area contributed by atoms with Gasteiger partial charge in [0.1, 0.15) is 0 Å². The van der Waals surface area contributed by atoms with Crippen LogP contribution >= 0.6 is 0 Å². The first-order valence-electron chi connectivity index (χ1n) is 7.38. The van der Waals surface area contributed by atoms with Crippen LogP contribution < -0.4 is 0 Å². The predicted molar refractivity (Wildman–Crippen MR) is 88.1 cm³/mol. The summed E-state index contributed by atoms with van der Waals surface area (Å²) in [6.07, 6.45) is 1.98. The van der Waals surface area contributed by atoms with Crippen molar-refractivity contribution < 1.29 is 41.5 Å². The molecule has 1 aromatic rings. The molecule has 0 spiro atoms. The van der Waals surface area contributed by atoms with Gasteiger partial charge in [-0.25, -0.2) is 12.1 Å². The van der Waals surface area contributed by atoms with Gasteiger partial charge in [0.25, 0.3) is 0 Å². The summed E-state index contributed by atoms with van der Waals surface area (Å²) in [4.78, 5) is 0. The van der Waals surface area contributed by atoms with Gasteiger partial charge in [-0.15, -0.1) is 0 Å². The van der Waals surface area contributed by atoms with Gasteiger partial charge in [0.15, 0.2) is 0 Å². The largest absolute Gasteiger partial charge is 0.394 e. The molecule has 3 nitrogen and oxygen atoms in total. The fraction of sp³-hybridized carbons (Fsp3) is 0.706. The predicted octanol–water partition coefficient (Wildman–Crippen LogP) is 3.52. The summed E-state index contributed by atoms with van der Waals surface area (Å²) in [5.41, 5.74) is 1.47. The average molecular weight is 379 g/mol. The molecule has 0 saturated heterocycles. The van der Waals surface area contributed by atoms with Crippen LogP contribution in [-0.4, -0.2) is 33.6 Å². The van der Waals surface area contributed by atoms with Gasteiger partial charge in [-0.05, 0) is 41.5 Å². The van der Waals surface area contributed by atoms with Crippen LogP contribution in [0.15, 0.2) is 24.3 Å². The normalized spacial score (nSPS) is 8.81. The average Bonchev–Trinajstić information content (AvgIpc) is 2.68.